The summed E-state index contributed by atoms with van der Waals surface area (Å²) in [4.78, 5) is 0.352. The molecule has 0 amide bonds. The summed E-state index contributed by atoms with van der Waals surface area (Å²) in [6.45, 7) is 0.822. The number of sulfone groups is 1. The lowest BCUT2D eigenvalue weighted by Gasteiger charge is -2.08. The highest BCUT2D eigenvalue weighted by atomic mass is 32.2. The summed E-state index contributed by atoms with van der Waals surface area (Å²) in [5.74, 6) is 0. The van der Waals surface area contributed by atoms with E-state index in [4.69, 9.17) is 0 Å². The molecule has 0 fully saturated rings. The fourth-order valence-corrected chi connectivity index (χ4v) is 2.67. The Morgan fingerprint density at radius 1 is 1.00 bits per heavy atom. The van der Waals surface area contributed by atoms with Gasteiger partial charge < -0.3 is 5.32 Å². The Hall–Kier alpha value is -1.81. The van der Waals surface area contributed by atoms with Gasteiger partial charge in [-0.15, -0.1) is 0 Å². The minimum Gasteiger partial charge on any atom is -0.385 e. The average molecular weight is 289 g/mol. The number of hydrogen-bond donors (Lipinski definition) is 1. The zero-order chi connectivity index (χ0) is 14.4. The molecule has 20 heavy (non-hydrogen) atoms. The van der Waals surface area contributed by atoms with Gasteiger partial charge in [-0.3, -0.25) is 0 Å². The molecule has 0 aromatic heterocycles. The molecule has 0 aliphatic heterocycles. The van der Waals surface area contributed by atoms with E-state index in [1.165, 1.54) is 11.8 Å². The van der Waals surface area contributed by atoms with Crippen molar-refractivity contribution >= 4 is 15.5 Å². The molecule has 0 aliphatic carbocycles. The van der Waals surface area contributed by atoms with E-state index in [0.717, 1.165) is 25.1 Å². The van der Waals surface area contributed by atoms with Crippen LogP contribution in [-0.4, -0.2) is 21.2 Å². The molecule has 1 N–H and O–H groups in total. The van der Waals surface area contributed by atoms with Gasteiger partial charge in [-0.2, -0.15) is 0 Å². The van der Waals surface area contributed by atoms with Crippen molar-refractivity contribution in [2.24, 2.45) is 0 Å². The molecule has 2 aromatic rings. The number of aryl methyl sites for hydroxylation is 1. The van der Waals surface area contributed by atoms with Crippen molar-refractivity contribution in [3.63, 3.8) is 0 Å². The van der Waals surface area contributed by atoms with Crippen LogP contribution in [0.1, 0.15) is 12.0 Å². The summed E-state index contributed by atoms with van der Waals surface area (Å²) < 4.78 is 22.9. The van der Waals surface area contributed by atoms with Crippen molar-refractivity contribution in [3.05, 3.63) is 60.2 Å². The zero-order valence-corrected chi connectivity index (χ0v) is 12.4. The van der Waals surface area contributed by atoms with Crippen molar-refractivity contribution in [2.75, 3.05) is 18.1 Å². The lowest BCUT2D eigenvalue weighted by atomic mass is 10.1. The summed E-state index contributed by atoms with van der Waals surface area (Å²) in [6, 6.07) is 17.3. The fraction of sp³-hybridized carbons (Fsp3) is 0.250. The third kappa shape index (κ3) is 4.38. The topological polar surface area (TPSA) is 46.2 Å². The molecule has 106 valence electrons. The second-order valence-electron chi connectivity index (χ2n) is 4.82. The van der Waals surface area contributed by atoms with E-state index in [9.17, 15) is 8.42 Å². The van der Waals surface area contributed by atoms with Crippen molar-refractivity contribution in [2.45, 2.75) is 17.7 Å². The van der Waals surface area contributed by atoms with E-state index < -0.39 is 9.84 Å². The summed E-state index contributed by atoms with van der Waals surface area (Å²) >= 11 is 0. The van der Waals surface area contributed by atoms with Gasteiger partial charge in [0.1, 0.15) is 0 Å². The molecular weight excluding hydrogens is 270 g/mol. The molecule has 2 aromatic carbocycles. The molecule has 0 radical (unpaired) electrons. The van der Waals surface area contributed by atoms with E-state index in [2.05, 4.69) is 17.4 Å². The van der Waals surface area contributed by atoms with Crippen LogP contribution in [0, 0.1) is 0 Å². The number of anilines is 1. The van der Waals surface area contributed by atoms with Crippen molar-refractivity contribution in [3.8, 4) is 0 Å². The highest BCUT2D eigenvalue weighted by molar-refractivity contribution is 7.90. The summed E-state index contributed by atoms with van der Waals surface area (Å²) in [7, 11) is -3.14. The Morgan fingerprint density at radius 3 is 2.45 bits per heavy atom. The fourth-order valence-electron chi connectivity index (χ4n) is 2.01. The van der Waals surface area contributed by atoms with Crippen LogP contribution in [0.2, 0.25) is 0 Å². The van der Waals surface area contributed by atoms with Gasteiger partial charge in [0.25, 0.3) is 0 Å². The zero-order valence-electron chi connectivity index (χ0n) is 11.5. The van der Waals surface area contributed by atoms with E-state index >= 15 is 0 Å². The third-order valence-electron chi connectivity index (χ3n) is 3.08. The molecule has 0 atom stereocenters. The number of benzene rings is 2. The van der Waals surface area contributed by atoms with Crippen LogP contribution in [0.3, 0.4) is 0 Å². The third-order valence-corrected chi connectivity index (χ3v) is 4.19. The van der Waals surface area contributed by atoms with Crippen LogP contribution < -0.4 is 5.32 Å². The Balaban J connectivity index is 1.86. The maximum Gasteiger partial charge on any atom is 0.175 e. The number of nitrogens with one attached hydrogen (secondary N) is 1. The molecule has 0 unspecified atom stereocenters. The minimum atomic E-state index is -3.14. The first-order valence-corrected chi connectivity index (χ1v) is 8.53. The quantitative estimate of drug-likeness (QED) is 0.831. The van der Waals surface area contributed by atoms with Crippen LogP contribution in [0.25, 0.3) is 0 Å². The highest BCUT2D eigenvalue weighted by Gasteiger charge is 2.06. The van der Waals surface area contributed by atoms with Gasteiger partial charge in [0, 0.05) is 18.5 Å². The summed E-state index contributed by atoms with van der Waals surface area (Å²) in [6.07, 6.45) is 3.24. The SMILES string of the molecule is CS(=O)(=O)c1cccc(NCCCc2ccccc2)c1. The van der Waals surface area contributed by atoms with Crippen LogP contribution in [0.5, 0.6) is 0 Å². The molecule has 0 saturated carbocycles. The Bertz CT molecular complexity index is 651. The second kappa shape index (κ2) is 6.57. The molecule has 0 saturated heterocycles. The standard InChI is InChI=1S/C16H19NO2S/c1-20(18,19)16-11-5-10-15(13-16)17-12-6-9-14-7-3-2-4-8-14/h2-5,7-8,10-11,13,17H,6,9,12H2,1H3. The number of rotatable bonds is 6. The summed E-state index contributed by atoms with van der Waals surface area (Å²) in [5, 5.41) is 3.26. The predicted molar refractivity (Wildman–Crippen MR) is 82.8 cm³/mol. The number of hydrogen-bond acceptors (Lipinski definition) is 3. The van der Waals surface area contributed by atoms with Gasteiger partial charge in [0.2, 0.25) is 0 Å². The van der Waals surface area contributed by atoms with Crippen LogP contribution >= 0.6 is 0 Å². The normalized spacial score (nSPS) is 11.2. The maximum atomic E-state index is 11.5. The Morgan fingerprint density at radius 2 is 1.75 bits per heavy atom. The van der Waals surface area contributed by atoms with Gasteiger partial charge in [0.15, 0.2) is 9.84 Å². The largest absolute Gasteiger partial charge is 0.385 e. The second-order valence-corrected chi connectivity index (χ2v) is 6.83. The first-order chi connectivity index (χ1) is 9.55. The highest BCUT2D eigenvalue weighted by Crippen LogP contribution is 2.15. The molecule has 0 heterocycles. The molecule has 4 heteroatoms. The van der Waals surface area contributed by atoms with Crippen LogP contribution in [0.15, 0.2) is 59.5 Å². The van der Waals surface area contributed by atoms with Gasteiger partial charge in [-0.25, -0.2) is 8.42 Å². The molecule has 0 aliphatic rings. The van der Waals surface area contributed by atoms with Crippen molar-refractivity contribution < 1.29 is 8.42 Å². The Labute approximate surface area is 120 Å². The Kier molecular flexibility index (Phi) is 4.79. The lowest BCUT2D eigenvalue weighted by molar-refractivity contribution is 0.602. The molecular formula is C16H19NO2S. The molecule has 2 rings (SSSR count). The van der Waals surface area contributed by atoms with Crippen molar-refractivity contribution in [1.82, 2.24) is 0 Å². The van der Waals surface area contributed by atoms with Crippen LogP contribution in [-0.2, 0) is 16.3 Å². The maximum absolute atomic E-state index is 11.5. The smallest absolute Gasteiger partial charge is 0.175 e. The molecule has 0 spiro atoms. The van der Waals surface area contributed by atoms with Gasteiger partial charge in [-0.05, 0) is 36.6 Å². The first kappa shape index (κ1) is 14.6. The predicted octanol–water partition coefficient (Wildman–Crippen LogP) is 3.13. The van der Waals surface area contributed by atoms with Gasteiger partial charge in [-0.1, -0.05) is 36.4 Å². The van der Waals surface area contributed by atoms with E-state index in [1.807, 2.05) is 24.3 Å². The average Bonchev–Trinajstić information content (AvgIpc) is 2.44. The van der Waals surface area contributed by atoms with Gasteiger partial charge in [0.05, 0.1) is 4.90 Å². The van der Waals surface area contributed by atoms with E-state index in [1.54, 1.807) is 18.2 Å². The van der Waals surface area contributed by atoms with Crippen LogP contribution in [0.4, 0.5) is 5.69 Å². The van der Waals surface area contributed by atoms with Gasteiger partial charge >= 0.3 is 0 Å². The monoisotopic (exact) mass is 289 g/mol. The van der Waals surface area contributed by atoms with E-state index in [-0.39, 0.29) is 0 Å². The van der Waals surface area contributed by atoms with E-state index in [0.29, 0.717) is 4.90 Å². The minimum absolute atomic E-state index is 0.352. The first-order valence-electron chi connectivity index (χ1n) is 6.63. The molecule has 3 nitrogen and oxygen atoms in total. The van der Waals surface area contributed by atoms with Crippen molar-refractivity contribution in [1.29, 1.82) is 0 Å². The molecule has 0 bridgehead atoms. The lowest BCUT2D eigenvalue weighted by Crippen LogP contribution is -2.04. The summed E-state index contributed by atoms with van der Waals surface area (Å²) in [5.41, 5.74) is 2.17.